The van der Waals surface area contributed by atoms with Crippen LogP contribution in [-0.2, 0) is 16.1 Å². The number of nitrogens with one attached hydrogen (secondary N) is 1. The quantitative estimate of drug-likeness (QED) is 0.766. The zero-order valence-corrected chi connectivity index (χ0v) is 14.2. The first-order chi connectivity index (χ1) is 11.9. The molecule has 2 rings (SSSR count). The van der Waals surface area contributed by atoms with E-state index in [9.17, 15) is 19.1 Å². The van der Waals surface area contributed by atoms with Gasteiger partial charge in [-0.25, -0.2) is 4.39 Å². The van der Waals surface area contributed by atoms with Crippen LogP contribution in [-0.4, -0.2) is 41.0 Å². The van der Waals surface area contributed by atoms with Crippen molar-refractivity contribution in [2.24, 2.45) is 0 Å². The van der Waals surface area contributed by atoms with Crippen molar-refractivity contribution in [1.82, 2.24) is 10.2 Å². The summed E-state index contributed by atoms with van der Waals surface area (Å²) in [6, 6.07) is 8.73. The first-order valence-corrected chi connectivity index (χ1v) is 7.92. The molecule has 0 aliphatic heterocycles. The zero-order valence-electron chi connectivity index (χ0n) is 14.2. The first kappa shape index (κ1) is 18.7. The molecule has 0 saturated carbocycles. The standard InChI is InChI=1S/C18H21FN2O4/c1-12(18(23)24)21(10-9-20-13(2)22)11-16-7-8-17(25-16)14-3-5-15(19)6-4-14/h3-8,12H,9-11H2,1-2H3,(H,20,22)(H,23,24). The number of hydrogen-bond acceptors (Lipinski definition) is 4. The summed E-state index contributed by atoms with van der Waals surface area (Å²) in [5.41, 5.74) is 0.740. The highest BCUT2D eigenvalue weighted by Gasteiger charge is 2.22. The Morgan fingerprint density at radius 2 is 1.92 bits per heavy atom. The van der Waals surface area contributed by atoms with E-state index in [-0.39, 0.29) is 18.3 Å². The van der Waals surface area contributed by atoms with E-state index < -0.39 is 12.0 Å². The van der Waals surface area contributed by atoms with E-state index in [1.54, 1.807) is 36.1 Å². The second-order valence-corrected chi connectivity index (χ2v) is 5.74. The third-order valence-electron chi connectivity index (χ3n) is 3.83. The molecular formula is C18H21FN2O4. The molecule has 0 radical (unpaired) electrons. The van der Waals surface area contributed by atoms with Gasteiger partial charge in [-0.3, -0.25) is 14.5 Å². The van der Waals surface area contributed by atoms with Gasteiger partial charge < -0.3 is 14.8 Å². The third kappa shape index (κ3) is 5.42. The van der Waals surface area contributed by atoms with E-state index in [4.69, 9.17) is 4.42 Å². The maximum Gasteiger partial charge on any atom is 0.320 e. The molecule has 6 nitrogen and oxygen atoms in total. The number of rotatable bonds is 8. The van der Waals surface area contributed by atoms with Crippen molar-refractivity contribution in [3.05, 3.63) is 48.0 Å². The van der Waals surface area contributed by atoms with Crippen molar-refractivity contribution in [2.45, 2.75) is 26.4 Å². The summed E-state index contributed by atoms with van der Waals surface area (Å²) in [6.45, 7) is 4.00. The highest BCUT2D eigenvalue weighted by molar-refractivity contribution is 5.73. The molecule has 1 atom stereocenters. The van der Waals surface area contributed by atoms with Gasteiger partial charge in [-0.15, -0.1) is 0 Å². The smallest absolute Gasteiger partial charge is 0.320 e. The molecule has 2 N–H and O–H groups in total. The molecule has 0 aliphatic carbocycles. The molecule has 0 spiro atoms. The van der Waals surface area contributed by atoms with Crippen LogP contribution >= 0.6 is 0 Å². The number of carbonyl (C=O) groups is 2. The largest absolute Gasteiger partial charge is 0.480 e. The number of carbonyl (C=O) groups excluding carboxylic acids is 1. The molecule has 7 heteroatoms. The minimum Gasteiger partial charge on any atom is -0.480 e. The van der Waals surface area contributed by atoms with Crippen molar-refractivity contribution >= 4 is 11.9 Å². The Balaban J connectivity index is 2.08. The minimum atomic E-state index is -0.951. The van der Waals surface area contributed by atoms with Crippen LogP contribution in [0.1, 0.15) is 19.6 Å². The summed E-state index contributed by atoms with van der Waals surface area (Å²) in [4.78, 5) is 24.0. The topological polar surface area (TPSA) is 82.8 Å². The lowest BCUT2D eigenvalue weighted by atomic mass is 10.2. The second kappa shape index (κ2) is 8.43. The van der Waals surface area contributed by atoms with Crippen molar-refractivity contribution in [2.75, 3.05) is 13.1 Å². The summed E-state index contributed by atoms with van der Waals surface area (Å²) in [5.74, 6) is -0.266. The Morgan fingerprint density at radius 3 is 2.52 bits per heavy atom. The summed E-state index contributed by atoms with van der Waals surface area (Å²) in [5, 5.41) is 11.9. The second-order valence-electron chi connectivity index (χ2n) is 5.74. The normalized spacial score (nSPS) is 12.2. The average Bonchev–Trinajstić information content (AvgIpc) is 3.02. The Morgan fingerprint density at radius 1 is 1.24 bits per heavy atom. The molecular weight excluding hydrogens is 327 g/mol. The summed E-state index contributed by atoms with van der Waals surface area (Å²) < 4.78 is 18.7. The van der Waals surface area contributed by atoms with Crippen LogP contribution in [0.5, 0.6) is 0 Å². The predicted molar refractivity (Wildman–Crippen MR) is 90.3 cm³/mol. The number of carboxylic acid groups (broad SMARTS) is 1. The van der Waals surface area contributed by atoms with Crippen LogP contribution in [0.15, 0.2) is 40.8 Å². The van der Waals surface area contributed by atoms with Gasteiger partial charge in [0, 0.05) is 25.6 Å². The lowest BCUT2D eigenvalue weighted by molar-refractivity contribution is -0.142. The van der Waals surface area contributed by atoms with Crippen LogP contribution in [0, 0.1) is 5.82 Å². The van der Waals surface area contributed by atoms with Gasteiger partial charge in [0.15, 0.2) is 0 Å². The number of furan rings is 1. The average molecular weight is 348 g/mol. The van der Waals surface area contributed by atoms with Gasteiger partial charge in [0.2, 0.25) is 5.91 Å². The number of halogens is 1. The highest BCUT2D eigenvalue weighted by Crippen LogP contribution is 2.23. The number of nitrogens with zero attached hydrogens (tertiary/aromatic N) is 1. The molecule has 0 bridgehead atoms. The van der Waals surface area contributed by atoms with Crippen LogP contribution < -0.4 is 5.32 Å². The van der Waals surface area contributed by atoms with Gasteiger partial charge in [-0.2, -0.15) is 0 Å². The number of hydrogen-bond donors (Lipinski definition) is 2. The summed E-state index contributed by atoms with van der Waals surface area (Å²) in [6.07, 6.45) is 0. The molecule has 2 aromatic rings. The van der Waals surface area contributed by atoms with E-state index in [1.807, 2.05) is 0 Å². The van der Waals surface area contributed by atoms with E-state index in [0.717, 1.165) is 5.56 Å². The van der Waals surface area contributed by atoms with E-state index in [2.05, 4.69) is 5.32 Å². The van der Waals surface area contributed by atoms with Crippen LogP contribution in [0.2, 0.25) is 0 Å². The molecule has 1 unspecified atom stereocenters. The predicted octanol–water partition coefficient (Wildman–Crippen LogP) is 2.50. The fourth-order valence-corrected chi connectivity index (χ4v) is 2.37. The lowest BCUT2D eigenvalue weighted by Crippen LogP contribution is -2.42. The van der Waals surface area contributed by atoms with E-state index in [0.29, 0.717) is 24.6 Å². The van der Waals surface area contributed by atoms with Gasteiger partial charge in [0.1, 0.15) is 23.4 Å². The molecule has 1 heterocycles. The maximum atomic E-state index is 13.0. The van der Waals surface area contributed by atoms with Gasteiger partial charge in [0.25, 0.3) is 0 Å². The maximum absolute atomic E-state index is 13.0. The summed E-state index contributed by atoms with van der Waals surface area (Å²) in [7, 11) is 0. The van der Waals surface area contributed by atoms with Gasteiger partial charge in [0.05, 0.1) is 6.54 Å². The monoisotopic (exact) mass is 348 g/mol. The molecule has 1 aromatic heterocycles. The Kier molecular flexibility index (Phi) is 6.30. The first-order valence-electron chi connectivity index (χ1n) is 7.92. The number of carboxylic acids is 1. The molecule has 1 amide bonds. The molecule has 0 saturated heterocycles. The minimum absolute atomic E-state index is 0.167. The number of aliphatic carboxylic acids is 1. The van der Waals surface area contributed by atoms with Gasteiger partial charge in [-0.1, -0.05) is 0 Å². The molecule has 25 heavy (non-hydrogen) atoms. The Hall–Kier alpha value is -2.67. The van der Waals surface area contributed by atoms with Crippen LogP contribution in [0.4, 0.5) is 4.39 Å². The molecule has 134 valence electrons. The molecule has 1 aromatic carbocycles. The Labute approximate surface area is 145 Å². The van der Waals surface area contributed by atoms with E-state index in [1.165, 1.54) is 19.1 Å². The van der Waals surface area contributed by atoms with Crippen molar-refractivity contribution < 1.29 is 23.5 Å². The van der Waals surface area contributed by atoms with Gasteiger partial charge in [-0.05, 0) is 43.3 Å². The van der Waals surface area contributed by atoms with Crippen molar-refractivity contribution in [3.8, 4) is 11.3 Å². The lowest BCUT2D eigenvalue weighted by Gasteiger charge is -2.25. The Bertz CT molecular complexity index is 727. The SMILES string of the molecule is CC(=O)NCCN(Cc1ccc(-c2ccc(F)cc2)o1)C(C)C(=O)O. The number of benzene rings is 1. The van der Waals surface area contributed by atoms with Gasteiger partial charge >= 0.3 is 5.97 Å². The van der Waals surface area contributed by atoms with Crippen LogP contribution in [0.3, 0.4) is 0 Å². The molecule has 0 fully saturated rings. The van der Waals surface area contributed by atoms with Crippen molar-refractivity contribution in [1.29, 1.82) is 0 Å². The highest BCUT2D eigenvalue weighted by atomic mass is 19.1. The zero-order chi connectivity index (χ0) is 18.4. The van der Waals surface area contributed by atoms with E-state index >= 15 is 0 Å². The molecule has 0 aliphatic rings. The third-order valence-corrected chi connectivity index (χ3v) is 3.83. The van der Waals surface area contributed by atoms with Crippen molar-refractivity contribution in [3.63, 3.8) is 0 Å². The fraction of sp³-hybridized carbons (Fsp3) is 0.333. The summed E-state index contributed by atoms with van der Waals surface area (Å²) >= 11 is 0. The van der Waals surface area contributed by atoms with Crippen LogP contribution in [0.25, 0.3) is 11.3 Å². The fourth-order valence-electron chi connectivity index (χ4n) is 2.37. The number of amides is 1.